The maximum absolute atomic E-state index is 11.7. The number of rotatable bonds is 5. The van der Waals surface area contributed by atoms with Crippen molar-refractivity contribution in [2.45, 2.75) is 40.2 Å². The fourth-order valence-electron chi connectivity index (χ4n) is 4.65. The number of nitrogens with zero attached hydrogens (tertiary/aromatic N) is 3. The van der Waals surface area contributed by atoms with E-state index in [0.29, 0.717) is 11.5 Å². The summed E-state index contributed by atoms with van der Waals surface area (Å²) in [5, 5.41) is 4.11. The Morgan fingerprint density at radius 2 is 1.88 bits per heavy atom. The van der Waals surface area contributed by atoms with Gasteiger partial charge in [-0.1, -0.05) is 29.4 Å². The molecule has 32 heavy (non-hydrogen) atoms. The second kappa shape index (κ2) is 8.36. The molecule has 0 unspecified atom stereocenters. The van der Waals surface area contributed by atoms with Gasteiger partial charge in [0, 0.05) is 54.4 Å². The van der Waals surface area contributed by atoms with Crippen LogP contribution in [0, 0.1) is 19.8 Å². The molecule has 6 heteroatoms. The van der Waals surface area contributed by atoms with Gasteiger partial charge in [-0.05, 0) is 51.2 Å². The summed E-state index contributed by atoms with van der Waals surface area (Å²) in [5.74, 6) is 1.45. The lowest BCUT2D eigenvalue weighted by molar-refractivity contribution is 0.0616. The van der Waals surface area contributed by atoms with Gasteiger partial charge in [0.1, 0.15) is 5.76 Å². The highest BCUT2D eigenvalue weighted by Gasteiger charge is 2.20. The molecule has 1 aliphatic heterocycles. The molecule has 0 radical (unpaired) electrons. The highest BCUT2D eigenvalue weighted by molar-refractivity contribution is 5.97. The van der Waals surface area contributed by atoms with E-state index in [2.05, 4.69) is 22.0 Å². The molecule has 0 saturated carbocycles. The van der Waals surface area contributed by atoms with Crippen LogP contribution in [0.4, 0.5) is 0 Å². The molecule has 1 fully saturated rings. The molecule has 164 valence electrons. The van der Waals surface area contributed by atoms with Gasteiger partial charge in [-0.15, -0.1) is 0 Å². The van der Waals surface area contributed by atoms with Gasteiger partial charge in [0.25, 0.3) is 0 Å². The Kier molecular flexibility index (Phi) is 5.39. The lowest BCUT2D eigenvalue weighted by Crippen LogP contribution is -2.20. The van der Waals surface area contributed by atoms with Crippen LogP contribution >= 0.6 is 0 Å². The van der Waals surface area contributed by atoms with Crippen molar-refractivity contribution in [1.29, 1.82) is 0 Å². The first-order valence-corrected chi connectivity index (χ1v) is 11.1. The monoisotopic (exact) mass is 429 g/mol. The van der Waals surface area contributed by atoms with Crippen LogP contribution in [0.25, 0.3) is 33.3 Å². The zero-order valence-corrected chi connectivity index (χ0v) is 18.7. The molecule has 0 aliphatic carbocycles. The van der Waals surface area contributed by atoms with Crippen molar-refractivity contribution in [3.63, 3.8) is 0 Å². The minimum absolute atomic E-state index is 0.0701. The molecule has 0 spiro atoms. The van der Waals surface area contributed by atoms with Crippen LogP contribution in [0.2, 0.25) is 0 Å². The van der Waals surface area contributed by atoms with E-state index in [1.165, 1.54) is 0 Å². The maximum atomic E-state index is 11.7. The Labute approximate surface area is 187 Å². The van der Waals surface area contributed by atoms with Crippen molar-refractivity contribution in [3.8, 4) is 22.3 Å². The van der Waals surface area contributed by atoms with E-state index in [1.807, 2.05) is 44.3 Å². The van der Waals surface area contributed by atoms with E-state index in [-0.39, 0.29) is 5.78 Å². The molecule has 1 aliphatic rings. The van der Waals surface area contributed by atoms with Gasteiger partial charge in [-0.2, -0.15) is 0 Å². The third-order valence-electron chi connectivity index (χ3n) is 6.44. The highest BCUT2D eigenvalue weighted by Crippen LogP contribution is 2.35. The first-order valence-electron chi connectivity index (χ1n) is 11.1. The Balaban J connectivity index is 1.63. The topological polar surface area (TPSA) is 70.2 Å². The molecule has 4 aromatic rings. The van der Waals surface area contributed by atoms with E-state index in [0.717, 1.165) is 77.3 Å². The molecule has 1 saturated heterocycles. The number of carbonyl (C=O) groups excluding carboxylic acids is 1. The number of Topliss-reactive ketones (excluding diaryl/α,β-unsaturated/α-hetero) is 1. The second-order valence-corrected chi connectivity index (χ2v) is 8.68. The van der Waals surface area contributed by atoms with Crippen LogP contribution in [0.1, 0.15) is 41.6 Å². The number of ketones is 1. The standard InChI is InChI=1S/C26H27N3O3/c1-16-25(18(3)32-28-16)22-12-24-26(27-13-22)23(21-6-4-20(5-7-21)17(2)30)15-29(24)14-19-8-10-31-11-9-19/h4-7,12-13,15,19H,8-11,14H2,1-3H3. The summed E-state index contributed by atoms with van der Waals surface area (Å²) in [7, 11) is 0. The highest BCUT2D eigenvalue weighted by atomic mass is 16.5. The predicted molar refractivity (Wildman–Crippen MR) is 124 cm³/mol. The van der Waals surface area contributed by atoms with Gasteiger partial charge in [0.15, 0.2) is 5.78 Å². The molecule has 0 amide bonds. The summed E-state index contributed by atoms with van der Waals surface area (Å²) in [6.45, 7) is 8.06. The van der Waals surface area contributed by atoms with Crippen LogP contribution in [0.5, 0.6) is 0 Å². The number of fused-ring (bicyclic) bond motifs is 1. The van der Waals surface area contributed by atoms with E-state index >= 15 is 0 Å². The van der Waals surface area contributed by atoms with Crippen molar-refractivity contribution in [2.75, 3.05) is 13.2 Å². The summed E-state index contributed by atoms with van der Waals surface area (Å²) >= 11 is 0. The Morgan fingerprint density at radius 3 is 2.53 bits per heavy atom. The molecular weight excluding hydrogens is 402 g/mol. The van der Waals surface area contributed by atoms with Gasteiger partial charge in [0.05, 0.1) is 16.7 Å². The van der Waals surface area contributed by atoms with Crippen LogP contribution in [-0.4, -0.2) is 33.7 Å². The Bertz CT molecular complexity index is 1260. The van der Waals surface area contributed by atoms with Gasteiger partial charge >= 0.3 is 0 Å². The third-order valence-corrected chi connectivity index (χ3v) is 6.44. The summed E-state index contributed by atoms with van der Waals surface area (Å²) in [5.41, 5.74) is 7.79. The van der Waals surface area contributed by atoms with Gasteiger partial charge in [-0.25, -0.2) is 0 Å². The van der Waals surface area contributed by atoms with E-state index < -0.39 is 0 Å². The molecular formula is C26H27N3O3. The van der Waals surface area contributed by atoms with Crippen LogP contribution in [0.3, 0.4) is 0 Å². The molecule has 0 N–H and O–H groups in total. The van der Waals surface area contributed by atoms with Gasteiger partial charge in [0.2, 0.25) is 0 Å². The van der Waals surface area contributed by atoms with Crippen LogP contribution in [-0.2, 0) is 11.3 Å². The Morgan fingerprint density at radius 1 is 1.12 bits per heavy atom. The summed E-state index contributed by atoms with van der Waals surface area (Å²) < 4.78 is 13.3. The number of hydrogen-bond acceptors (Lipinski definition) is 5. The molecule has 0 bridgehead atoms. The van der Waals surface area contributed by atoms with Crippen molar-refractivity contribution >= 4 is 16.8 Å². The first kappa shape index (κ1) is 20.6. The summed E-state index contributed by atoms with van der Waals surface area (Å²) in [6, 6.07) is 9.99. The van der Waals surface area contributed by atoms with Crippen molar-refractivity contribution in [3.05, 3.63) is 59.7 Å². The molecule has 4 heterocycles. The molecule has 6 nitrogen and oxygen atoms in total. The van der Waals surface area contributed by atoms with E-state index in [9.17, 15) is 4.79 Å². The maximum Gasteiger partial charge on any atom is 0.159 e. The number of aryl methyl sites for hydroxylation is 2. The second-order valence-electron chi connectivity index (χ2n) is 8.68. The third kappa shape index (κ3) is 3.75. The largest absolute Gasteiger partial charge is 0.381 e. The lowest BCUT2D eigenvalue weighted by Gasteiger charge is -2.22. The minimum atomic E-state index is 0.0701. The van der Waals surface area contributed by atoms with E-state index in [4.69, 9.17) is 14.2 Å². The fourth-order valence-corrected chi connectivity index (χ4v) is 4.65. The fraction of sp³-hybridized carbons (Fsp3) is 0.346. The first-order chi connectivity index (χ1) is 15.5. The average molecular weight is 430 g/mol. The predicted octanol–water partition coefficient (Wildman–Crippen LogP) is 5.60. The SMILES string of the molecule is CC(=O)c1ccc(-c2cn(CC3CCOCC3)c3cc(-c4c(C)noc4C)cnc23)cc1. The summed E-state index contributed by atoms with van der Waals surface area (Å²) in [4.78, 5) is 16.6. The molecule has 0 atom stereocenters. The van der Waals surface area contributed by atoms with Gasteiger partial charge in [-0.3, -0.25) is 9.78 Å². The quantitative estimate of drug-likeness (QED) is 0.386. The van der Waals surface area contributed by atoms with Gasteiger partial charge < -0.3 is 13.8 Å². The van der Waals surface area contributed by atoms with Crippen molar-refractivity contribution < 1.29 is 14.1 Å². The number of benzene rings is 1. The number of aromatic nitrogens is 3. The average Bonchev–Trinajstić information content (AvgIpc) is 3.33. The molecule has 1 aromatic carbocycles. The lowest BCUT2D eigenvalue weighted by atomic mass is 10.0. The van der Waals surface area contributed by atoms with Crippen molar-refractivity contribution in [1.82, 2.24) is 14.7 Å². The molecule has 5 rings (SSSR count). The smallest absolute Gasteiger partial charge is 0.159 e. The number of pyridine rings is 1. The minimum Gasteiger partial charge on any atom is -0.381 e. The Hall–Kier alpha value is -3.25. The van der Waals surface area contributed by atoms with Crippen LogP contribution < -0.4 is 0 Å². The van der Waals surface area contributed by atoms with E-state index in [1.54, 1.807) is 6.92 Å². The summed E-state index contributed by atoms with van der Waals surface area (Å²) in [6.07, 6.45) is 6.24. The zero-order chi connectivity index (χ0) is 22.2. The van der Waals surface area contributed by atoms with Crippen molar-refractivity contribution in [2.24, 2.45) is 5.92 Å². The molecule has 3 aromatic heterocycles. The normalized spacial score (nSPS) is 14.8. The van der Waals surface area contributed by atoms with Crippen LogP contribution in [0.15, 0.2) is 47.2 Å². The number of carbonyl (C=O) groups is 1. The zero-order valence-electron chi connectivity index (χ0n) is 18.7. The number of ether oxygens (including phenoxy) is 1. The number of hydrogen-bond donors (Lipinski definition) is 0.